The van der Waals surface area contributed by atoms with E-state index in [1.807, 2.05) is 30.1 Å². The molecule has 1 unspecified atom stereocenters. The molecule has 1 aromatic heterocycles. The maximum Gasteiger partial charge on any atom is 0.119 e. The zero-order valence-corrected chi connectivity index (χ0v) is 14.4. The van der Waals surface area contributed by atoms with Crippen LogP contribution in [0.25, 0.3) is 0 Å². The number of methoxy groups -OCH3 is 1. The molecule has 0 saturated heterocycles. The standard InChI is InChI=1S/C16H22BrN3O/c1-4-8-18-16(10-12-7-9-20(2)19-12)14-11-13(21-3)5-6-15(14)17/h5-7,9,11,16,18H,4,8,10H2,1-3H3. The molecule has 1 N–H and O–H groups in total. The van der Waals surface area contributed by atoms with E-state index in [1.54, 1.807) is 7.11 Å². The largest absolute Gasteiger partial charge is 0.497 e. The molecule has 0 spiro atoms. The van der Waals surface area contributed by atoms with Crippen molar-refractivity contribution in [1.29, 1.82) is 0 Å². The topological polar surface area (TPSA) is 39.1 Å². The molecule has 114 valence electrons. The summed E-state index contributed by atoms with van der Waals surface area (Å²) in [5, 5.41) is 8.09. The number of benzene rings is 1. The summed E-state index contributed by atoms with van der Waals surface area (Å²) in [5.74, 6) is 0.873. The fourth-order valence-electron chi connectivity index (χ4n) is 2.31. The molecule has 0 bridgehead atoms. The van der Waals surface area contributed by atoms with E-state index < -0.39 is 0 Å². The number of aromatic nitrogens is 2. The van der Waals surface area contributed by atoms with Crippen LogP contribution in [0.4, 0.5) is 0 Å². The molecule has 0 saturated carbocycles. The van der Waals surface area contributed by atoms with Crippen molar-refractivity contribution in [2.45, 2.75) is 25.8 Å². The van der Waals surface area contributed by atoms with Crippen LogP contribution in [0.3, 0.4) is 0 Å². The van der Waals surface area contributed by atoms with Gasteiger partial charge in [-0.2, -0.15) is 5.10 Å². The van der Waals surface area contributed by atoms with Gasteiger partial charge in [0.2, 0.25) is 0 Å². The average Bonchev–Trinajstić information content (AvgIpc) is 2.89. The molecule has 1 aromatic carbocycles. The molecule has 0 aliphatic carbocycles. The summed E-state index contributed by atoms with van der Waals surface area (Å²) in [6.45, 7) is 3.15. The van der Waals surface area contributed by atoms with Crippen molar-refractivity contribution < 1.29 is 4.74 Å². The summed E-state index contributed by atoms with van der Waals surface area (Å²) in [7, 11) is 3.64. The maximum absolute atomic E-state index is 5.35. The number of hydrogen-bond donors (Lipinski definition) is 1. The number of nitrogens with zero attached hydrogens (tertiary/aromatic N) is 2. The molecule has 1 heterocycles. The maximum atomic E-state index is 5.35. The van der Waals surface area contributed by atoms with E-state index in [2.05, 4.69) is 45.4 Å². The van der Waals surface area contributed by atoms with Crippen LogP contribution in [0.15, 0.2) is 34.9 Å². The first-order chi connectivity index (χ1) is 10.1. The highest BCUT2D eigenvalue weighted by molar-refractivity contribution is 9.10. The fourth-order valence-corrected chi connectivity index (χ4v) is 2.83. The molecule has 0 fully saturated rings. The molecule has 1 atom stereocenters. The van der Waals surface area contributed by atoms with Gasteiger partial charge in [0.15, 0.2) is 0 Å². The second-order valence-corrected chi connectivity index (χ2v) is 5.93. The number of ether oxygens (including phenoxy) is 1. The van der Waals surface area contributed by atoms with Gasteiger partial charge in [0.05, 0.1) is 12.8 Å². The quantitative estimate of drug-likeness (QED) is 0.829. The minimum Gasteiger partial charge on any atom is -0.497 e. The van der Waals surface area contributed by atoms with Crippen molar-refractivity contribution in [1.82, 2.24) is 15.1 Å². The Hall–Kier alpha value is -1.33. The second kappa shape index (κ2) is 7.61. The van der Waals surface area contributed by atoms with Crippen molar-refractivity contribution in [3.05, 3.63) is 46.2 Å². The molecule has 0 aliphatic rings. The molecule has 21 heavy (non-hydrogen) atoms. The van der Waals surface area contributed by atoms with Gasteiger partial charge >= 0.3 is 0 Å². The van der Waals surface area contributed by atoms with Crippen molar-refractivity contribution >= 4 is 15.9 Å². The Morgan fingerprint density at radius 1 is 1.38 bits per heavy atom. The summed E-state index contributed by atoms with van der Waals surface area (Å²) in [6.07, 6.45) is 3.93. The molecule has 2 aromatic rings. The van der Waals surface area contributed by atoms with Gasteiger partial charge in [0, 0.05) is 30.2 Å². The average molecular weight is 352 g/mol. The Morgan fingerprint density at radius 2 is 2.19 bits per heavy atom. The highest BCUT2D eigenvalue weighted by atomic mass is 79.9. The Balaban J connectivity index is 2.26. The minimum absolute atomic E-state index is 0.212. The van der Waals surface area contributed by atoms with E-state index >= 15 is 0 Å². The van der Waals surface area contributed by atoms with E-state index in [4.69, 9.17) is 4.74 Å². The van der Waals surface area contributed by atoms with Crippen LogP contribution < -0.4 is 10.1 Å². The highest BCUT2D eigenvalue weighted by Gasteiger charge is 2.16. The van der Waals surface area contributed by atoms with Crippen LogP contribution in [-0.4, -0.2) is 23.4 Å². The monoisotopic (exact) mass is 351 g/mol. The van der Waals surface area contributed by atoms with Gasteiger partial charge in [0.25, 0.3) is 0 Å². The van der Waals surface area contributed by atoms with E-state index in [0.29, 0.717) is 0 Å². The zero-order chi connectivity index (χ0) is 15.2. The first-order valence-corrected chi connectivity index (χ1v) is 7.98. The van der Waals surface area contributed by atoms with Crippen LogP contribution in [0.1, 0.15) is 30.6 Å². The van der Waals surface area contributed by atoms with Gasteiger partial charge in [-0.1, -0.05) is 22.9 Å². The Labute approximate surface area is 134 Å². The third kappa shape index (κ3) is 4.32. The van der Waals surface area contributed by atoms with Crippen LogP contribution in [-0.2, 0) is 13.5 Å². The SMILES string of the molecule is CCCNC(Cc1ccn(C)n1)c1cc(OC)ccc1Br. The summed E-state index contributed by atoms with van der Waals surface area (Å²) in [5.41, 5.74) is 2.29. The van der Waals surface area contributed by atoms with Gasteiger partial charge < -0.3 is 10.1 Å². The zero-order valence-electron chi connectivity index (χ0n) is 12.8. The Bertz CT molecular complexity index is 583. The van der Waals surface area contributed by atoms with E-state index in [-0.39, 0.29) is 6.04 Å². The lowest BCUT2D eigenvalue weighted by atomic mass is 10.0. The van der Waals surface area contributed by atoms with Crippen LogP contribution in [0, 0.1) is 0 Å². The van der Waals surface area contributed by atoms with Crippen molar-refractivity contribution in [2.75, 3.05) is 13.7 Å². The normalized spacial score (nSPS) is 12.4. The first-order valence-electron chi connectivity index (χ1n) is 7.19. The fraction of sp³-hybridized carbons (Fsp3) is 0.438. The number of halogens is 1. The molecular formula is C16H22BrN3O. The number of aryl methyl sites for hydroxylation is 1. The summed E-state index contributed by atoms with van der Waals surface area (Å²) in [6, 6.07) is 8.36. The number of hydrogen-bond acceptors (Lipinski definition) is 3. The van der Waals surface area contributed by atoms with Gasteiger partial charge in [-0.3, -0.25) is 4.68 Å². The summed E-state index contributed by atoms with van der Waals surface area (Å²) < 4.78 is 8.28. The van der Waals surface area contributed by atoms with E-state index in [1.165, 1.54) is 5.56 Å². The number of nitrogens with one attached hydrogen (secondary N) is 1. The molecule has 0 aliphatic heterocycles. The molecule has 0 radical (unpaired) electrons. The van der Waals surface area contributed by atoms with Crippen molar-refractivity contribution in [2.24, 2.45) is 7.05 Å². The Morgan fingerprint density at radius 3 is 2.81 bits per heavy atom. The van der Waals surface area contributed by atoms with Crippen LogP contribution in [0.5, 0.6) is 5.75 Å². The van der Waals surface area contributed by atoms with Crippen LogP contribution in [0.2, 0.25) is 0 Å². The number of rotatable bonds is 7. The molecule has 5 heteroatoms. The lowest BCUT2D eigenvalue weighted by Gasteiger charge is -2.20. The van der Waals surface area contributed by atoms with Crippen molar-refractivity contribution in [3.63, 3.8) is 0 Å². The highest BCUT2D eigenvalue weighted by Crippen LogP contribution is 2.29. The van der Waals surface area contributed by atoms with Crippen LogP contribution >= 0.6 is 15.9 Å². The Kier molecular flexibility index (Phi) is 5.82. The molecule has 4 nitrogen and oxygen atoms in total. The minimum atomic E-state index is 0.212. The second-order valence-electron chi connectivity index (χ2n) is 5.08. The molecule has 2 rings (SSSR count). The van der Waals surface area contributed by atoms with Gasteiger partial charge in [-0.15, -0.1) is 0 Å². The first kappa shape index (κ1) is 16.0. The third-order valence-corrected chi connectivity index (χ3v) is 4.12. The molecular weight excluding hydrogens is 330 g/mol. The molecule has 0 amide bonds. The lowest BCUT2D eigenvalue weighted by Crippen LogP contribution is -2.24. The van der Waals surface area contributed by atoms with Gasteiger partial charge in [0.1, 0.15) is 5.75 Å². The lowest BCUT2D eigenvalue weighted by molar-refractivity contribution is 0.412. The third-order valence-electron chi connectivity index (χ3n) is 3.40. The van der Waals surface area contributed by atoms with Gasteiger partial charge in [-0.05, 0) is 42.8 Å². The van der Waals surface area contributed by atoms with E-state index in [9.17, 15) is 0 Å². The predicted molar refractivity (Wildman–Crippen MR) is 88.6 cm³/mol. The summed E-state index contributed by atoms with van der Waals surface area (Å²) in [4.78, 5) is 0. The summed E-state index contributed by atoms with van der Waals surface area (Å²) >= 11 is 3.65. The predicted octanol–water partition coefficient (Wildman–Crippen LogP) is 3.47. The van der Waals surface area contributed by atoms with E-state index in [0.717, 1.165) is 35.3 Å². The van der Waals surface area contributed by atoms with Gasteiger partial charge in [-0.25, -0.2) is 0 Å². The van der Waals surface area contributed by atoms with Crippen molar-refractivity contribution in [3.8, 4) is 5.75 Å². The smallest absolute Gasteiger partial charge is 0.119 e.